The summed E-state index contributed by atoms with van der Waals surface area (Å²) in [6.07, 6.45) is 3.81. The molecule has 5 nitrogen and oxygen atoms in total. The molecule has 0 aliphatic heterocycles. The van der Waals surface area contributed by atoms with E-state index in [-0.39, 0.29) is 18.3 Å². The second kappa shape index (κ2) is 10.6. The van der Waals surface area contributed by atoms with E-state index in [1.807, 2.05) is 24.3 Å². The number of hydrogen-bond donors (Lipinski definition) is 2. The fraction of sp³-hybridized carbons (Fsp3) is 0.529. The molecule has 0 fully saturated rings. The van der Waals surface area contributed by atoms with Crippen LogP contribution in [0.5, 0.6) is 0 Å². The van der Waals surface area contributed by atoms with Crippen molar-refractivity contribution in [1.82, 2.24) is 5.32 Å². The van der Waals surface area contributed by atoms with Gasteiger partial charge in [0.15, 0.2) is 0 Å². The molecule has 0 unspecified atom stereocenters. The van der Waals surface area contributed by atoms with Crippen LogP contribution in [0.3, 0.4) is 0 Å². The van der Waals surface area contributed by atoms with Gasteiger partial charge in [-0.05, 0) is 46.7 Å². The highest BCUT2D eigenvalue weighted by Crippen LogP contribution is 2.19. The largest absolute Gasteiger partial charge is 0.469 e. The van der Waals surface area contributed by atoms with E-state index in [9.17, 15) is 9.59 Å². The zero-order chi connectivity index (χ0) is 17.2. The van der Waals surface area contributed by atoms with Gasteiger partial charge in [-0.3, -0.25) is 9.59 Å². The van der Waals surface area contributed by atoms with Gasteiger partial charge >= 0.3 is 5.97 Å². The summed E-state index contributed by atoms with van der Waals surface area (Å²) in [5, 5.41) is 2.88. The second-order valence-electron chi connectivity index (χ2n) is 5.50. The molecule has 2 atom stereocenters. The number of nitrogens with two attached hydrogens (primary N) is 1. The van der Waals surface area contributed by atoms with Gasteiger partial charge in [0.25, 0.3) is 0 Å². The highest BCUT2D eigenvalue weighted by molar-refractivity contribution is 14.1. The number of esters is 1. The number of carbonyl (C=O) groups excluding carboxylic acids is 2. The van der Waals surface area contributed by atoms with Gasteiger partial charge in [0.05, 0.1) is 25.6 Å². The highest BCUT2D eigenvalue weighted by Gasteiger charge is 2.22. The summed E-state index contributed by atoms with van der Waals surface area (Å²) in [5.74, 6) is -0.595. The number of ether oxygens (including phenoxy) is 1. The van der Waals surface area contributed by atoms with E-state index >= 15 is 0 Å². The SMILES string of the molecule is CCCCC[C@H](N)C(=O)N[C@@H](CC(=O)OC)c1ccc(I)cc1. The summed E-state index contributed by atoms with van der Waals surface area (Å²) in [6, 6.07) is 6.70. The van der Waals surface area contributed by atoms with E-state index in [0.29, 0.717) is 6.42 Å². The van der Waals surface area contributed by atoms with E-state index in [1.165, 1.54) is 7.11 Å². The molecule has 0 aliphatic rings. The van der Waals surface area contributed by atoms with E-state index in [0.717, 1.165) is 28.4 Å². The molecule has 6 heteroatoms. The van der Waals surface area contributed by atoms with E-state index < -0.39 is 12.1 Å². The van der Waals surface area contributed by atoms with Crippen molar-refractivity contribution in [3.8, 4) is 0 Å². The minimum absolute atomic E-state index is 0.0878. The Balaban J connectivity index is 2.74. The zero-order valence-electron chi connectivity index (χ0n) is 13.7. The molecule has 1 rings (SSSR count). The Morgan fingerprint density at radius 2 is 1.91 bits per heavy atom. The van der Waals surface area contributed by atoms with Crippen LogP contribution in [0.2, 0.25) is 0 Å². The lowest BCUT2D eigenvalue weighted by atomic mass is 10.0. The summed E-state index contributed by atoms with van der Waals surface area (Å²) in [6.45, 7) is 2.11. The molecule has 1 aromatic carbocycles. The summed E-state index contributed by atoms with van der Waals surface area (Å²) < 4.78 is 5.81. The molecule has 0 saturated heterocycles. The Morgan fingerprint density at radius 3 is 2.48 bits per heavy atom. The van der Waals surface area contributed by atoms with Crippen molar-refractivity contribution < 1.29 is 14.3 Å². The van der Waals surface area contributed by atoms with Gasteiger partial charge in [-0.25, -0.2) is 0 Å². The van der Waals surface area contributed by atoms with Crippen molar-refractivity contribution in [2.24, 2.45) is 5.73 Å². The molecule has 0 spiro atoms. The third-order valence-electron chi connectivity index (χ3n) is 3.64. The summed E-state index contributed by atoms with van der Waals surface area (Å²) >= 11 is 2.21. The van der Waals surface area contributed by atoms with Crippen molar-refractivity contribution in [3.63, 3.8) is 0 Å². The third kappa shape index (κ3) is 7.30. The number of methoxy groups -OCH3 is 1. The Morgan fingerprint density at radius 1 is 1.26 bits per heavy atom. The average Bonchev–Trinajstić information content (AvgIpc) is 2.54. The van der Waals surface area contributed by atoms with Crippen LogP contribution in [0.1, 0.15) is 50.6 Å². The van der Waals surface area contributed by atoms with Crippen molar-refractivity contribution >= 4 is 34.5 Å². The Hall–Kier alpha value is -1.15. The van der Waals surface area contributed by atoms with Gasteiger partial charge in [-0.2, -0.15) is 0 Å². The molecule has 23 heavy (non-hydrogen) atoms. The molecule has 0 bridgehead atoms. The summed E-state index contributed by atoms with van der Waals surface area (Å²) in [5.41, 5.74) is 6.81. The lowest BCUT2D eigenvalue weighted by molar-refractivity contribution is -0.141. The van der Waals surface area contributed by atoms with Crippen molar-refractivity contribution in [2.75, 3.05) is 7.11 Å². The fourth-order valence-electron chi connectivity index (χ4n) is 2.22. The van der Waals surface area contributed by atoms with Crippen LogP contribution < -0.4 is 11.1 Å². The Bertz CT molecular complexity index is 505. The number of benzene rings is 1. The monoisotopic (exact) mass is 432 g/mol. The average molecular weight is 432 g/mol. The van der Waals surface area contributed by atoms with Gasteiger partial charge in [-0.15, -0.1) is 0 Å². The first-order valence-electron chi connectivity index (χ1n) is 7.86. The number of halogens is 1. The highest BCUT2D eigenvalue weighted by atomic mass is 127. The van der Waals surface area contributed by atoms with Crippen LogP contribution in [0.4, 0.5) is 0 Å². The molecule has 1 aromatic rings. The molecule has 0 aromatic heterocycles. The van der Waals surface area contributed by atoms with Crippen molar-refractivity contribution in [3.05, 3.63) is 33.4 Å². The normalized spacial score (nSPS) is 13.2. The maximum atomic E-state index is 12.3. The standard InChI is InChI=1S/C17H25IN2O3/c1-3-4-5-6-14(19)17(22)20-15(11-16(21)23-2)12-7-9-13(18)10-8-12/h7-10,14-15H,3-6,11,19H2,1-2H3,(H,20,22)/t14-,15-/m0/s1. The lowest BCUT2D eigenvalue weighted by Gasteiger charge is -2.21. The number of carbonyl (C=O) groups is 2. The minimum Gasteiger partial charge on any atom is -0.469 e. The van der Waals surface area contributed by atoms with Crippen LogP contribution in [-0.2, 0) is 14.3 Å². The maximum Gasteiger partial charge on any atom is 0.307 e. The maximum absolute atomic E-state index is 12.3. The van der Waals surface area contributed by atoms with Crippen molar-refractivity contribution in [2.45, 2.75) is 51.1 Å². The van der Waals surface area contributed by atoms with E-state index in [1.54, 1.807) is 0 Å². The van der Waals surface area contributed by atoms with Gasteiger partial charge in [0.1, 0.15) is 0 Å². The first kappa shape index (κ1) is 19.9. The Kier molecular flexibility index (Phi) is 9.16. The second-order valence-corrected chi connectivity index (χ2v) is 6.74. The molecule has 0 radical (unpaired) electrons. The molecule has 0 aliphatic carbocycles. The van der Waals surface area contributed by atoms with Crippen LogP contribution in [-0.4, -0.2) is 25.0 Å². The van der Waals surface area contributed by atoms with Gasteiger partial charge < -0.3 is 15.8 Å². The molecular weight excluding hydrogens is 407 g/mol. The van der Waals surface area contributed by atoms with Crippen molar-refractivity contribution in [1.29, 1.82) is 0 Å². The van der Waals surface area contributed by atoms with E-state index in [2.05, 4.69) is 34.8 Å². The topological polar surface area (TPSA) is 81.4 Å². The number of nitrogens with one attached hydrogen (secondary N) is 1. The number of unbranched alkanes of at least 4 members (excludes halogenated alkanes) is 2. The molecule has 1 amide bonds. The first-order valence-corrected chi connectivity index (χ1v) is 8.94. The quantitative estimate of drug-likeness (QED) is 0.357. The fourth-order valence-corrected chi connectivity index (χ4v) is 2.58. The predicted molar refractivity (Wildman–Crippen MR) is 98.8 cm³/mol. The van der Waals surface area contributed by atoms with Crippen LogP contribution >= 0.6 is 22.6 Å². The van der Waals surface area contributed by atoms with Gasteiger partial charge in [0.2, 0.25) is 5.91 Å². The van der Waals surface area contributed by atoms with Gasteiger partial charge in [-0.1, -0.05) is 38.3 Å². The summed E-state index contributed by atoms with van der Waals surface area (Å²) in [7, 11) is 1.34. The summed E-state index contributed by atoms with van der Waals surface area (Å²) in [4.78, 5) is 23.9. The van der Waals surface area contributed by atoms with Crippen LogP contribution in [0.25, 0.3) is 0 Å². The lowest BCUT2D eigenvalue weighted by Crippen LogP contribution is -2.42. The number of amides is 1. The number of rotatable bonds is 9. The molecule has 128 valence electrons. The minimum atomic E-state index is -0.550. The number of hydrogen-bond acceptors (Lipinski definition) is 4. The van der Waals surface area contributed by atoms with Crippen LogP contribution in [0.15, 0.2) is 24.3 Å². The predicted octanol–water partition coefficient (Wildman–Crippen LogP) is 2.92. The smallest absolute Gasteiger partial charge is 0.307 e. The molecule has 3 N–H and O–H groups in total. The third-order valence-corrected chi connectivity index (χ3v) is 4.36. The van der Waals surface area contributed by atoms with E-state index in [4.69, 9.17) is 10.5 Å². The van der Waals surface area contributed by atoms with Gasteiger partial charge in [0, 0.05) is 3.57 Å². The Labute approximate surface area is 151 Å². The molecule has 0 saturated carbocycles. The molecular formula is C17H25IN2O3. The zero-order valence-corrected chi connectivity index (χ0v) is 15.8. The molecule has 0 heterocycles. The van der Waals surface area contributed by atoms with Crippen LogP contribution in [0, 0.1) is 3.57 Å². The first-order chi connectivity index (χ1) is 11.0.